The molecule has 26 heavy (non-hydrogen) atoms. The van der Waals surface area contributed by atoms with E-state index in [9.17, 15) is 9.59 Å². The molecule has 2 atom stereocenters. The molecule has 2 unspecified atom stereocenters. The van der Waals surface area contributed by atoms with Crippen LogP contribution in [0.3, 0.4) is 0 Å². The van der Waals surface area contributed by atoms with Gasteiger partial charge in [-0.05, 0) is 61.4 Å². The summed E-state index contributed by atoms with van der Waals surface area (Å²) in [6, 6.07) is 12.0. The van der Waals surface area contributed by atoms with Gasteiger partial charge in [0.05, 0.1) is 13.0 Å². The van der Waals surface area contributed by atoms with Crippen LogP contribution in [0.5, 0.6) is 11.5 Å². The molecule has 1 aliphatic heterocycles. The lowest BCUT2D eigenvalue weighted by atomic mass is 9.97. The summed E-state index contributed by atoms with van der Waals surface area (Å²) in [5.74, 6) is 0.196. The number of ketones is 1. The molecule has 136 valence electrons. The zero-order chi connectivity index (χ0) is 18.7. The SMILES string of the molecule is COc1ccc(C(=O)C(C)OC(=O)C2COc3ccc(Cl)cc3C2)cc1. The summed E-state index contributed by atoms with van der Waals surface area (Å²) in [7, 11) is 1.55. The predicted octanol–water partition coefficient (Wildman–Crippen LogP) is 3.71. The molecule has 0 saturated heterocycles. The third-order valence-electron chi connectivity index (χ3n) is 4.30. The summed E-state index contributed by atoms with van der Waals surface area (Å²) >= 11 is 5.99. The quantitative estimate of drug-likeness (QED) is 0.589. The fraction of sp³-hybridized carbons (Fsp3) is 0.300. The number of fused-ring (bicyclic) bond motifs is 1. The molecule has 1 heterocycles. The Bertz CT molecular complexity index is 815. The van der Waals surface area contributed by atoms with Gasteiger partial charge >= 0.3 is 5.97 Å². The average Bonchev–Trinajstić information content (AvgIpc) is 2.66. The van der Waals surface area contributed by atoms with E-state index in [0.29, 0.717) is 22.8 Å². The highest BCUT2D eigenvalue weighted by molar-refractivity contribution is 6.30. The molecule has 1 aliphatic rings. The molecular formula is C20H19ClO5. The maximum Gasteiger partial charge on any atom is 0.313 e. The van der Waals surface area contributed by atoms with Gasteiger partial charge in [-0.15, -0.1) is 0 Å². The summed E-state index contributed by atoms with van der Waals surface area (Å²) < 4.78 is 16.1. The lowest BCUT2D eigenvalue weighted by molar-refractivity contribution is -0.152. The zero-order valence-corrected chi connectivity index (χ0v) is 15.3. The van der Waals surface area contributed by atoms with Crippen LogP contribution in [-0.4, -0.2) is 31.6 Å². The maximum absolute atomic E-state index is 12.4. The lowest BCUT2D eigenvalue weighted by Gasteiger charge is -2.25. The summed E-state index contributed by atoms with van der Waals surface area (Å²) in [4.78, 5) is 24.9. The summed E-state index contributed by atoms with van der Waals surface area (Å²) in [6.07, 6.45) is -0.408. The van der Waals surface area contributed by atoms with Gasteiger partial charge in [-0.1, -0.05) is 11.6 Å². The molecule has 0 fully saturated rings. The Labute approximate surface area is 156 Å². The second-order valence-electron chi connectivity index (χ2n) is 6.14. The van der Waals surface area contributed by atoms with Crippen LogP contribution in [0.4, 0.5) is 0 Å². The molecule has 2 aromatic rings. The normalized spacial score (nSPS) is 16.8. The second-order valence-corrected chi connectivity index (χ2v) is 6.57. The third-order valence-corrected chi connectivity index (χ3v) is 4.53. The highest BCUT2D eigenvalue weighted by atomic mass is 35.5. The van der Waals surface area contributed by atoms with Crippen LogP contribution >= 0.6 is 11.6 Å². The van der Waals surface area contributed by atoms with Gasteiger partial charge in [0.1, 0.15) is 18.1 Å². The van der Waals surface area contributed by atoms with E-state index in [2.05, 4.69) is 0 Å². The van der Waals surface area contributed by atoms with Crippen molar-refractivity contribution in [2.24, 2.45) is 5.92 Å². The van der Waals surface area contributed by atoms with Gasteiger partial charge in [0.2, 0.25) is 5.78 Å². The summed E-state index contributed by atoms with van der Waals surface area (Å²) in [6.45, 7) is 1.79. The number of rotatable bonds is 5. The van der Waals surface area contributed by atoms with E-state index in [1.165, 1.54) is 0 Å². The minimum Gasteiger partial charge on any atom is -0.497 e. The van der Waals surface area contributed by atoms with E-state index < -0.39 is 18.0 Å². The van der Waals surface area contributed by atoms with E-state index >= 15 is 0 Å². The molecule has 5 nitrogen and oxygen atoms in total. The molecule has 0 aliphatic carbocycles. The van der Waals surface area contributed by atoms with Gasteiger partial charge in [-0.2, -0.15) is 0 Å². The number of Topliss-reactive ketones (excluding diaryl/α,β-unsaturated/α-hetero) is 1. The van der Waals surface area contributed by atoms with Gasteiger partial charge in [0.15, 0.2) is 6.10 Å². The number of hydrogen-bond acceptors (Lipinski definition) is 5. The van der Waals surface area contributed by atoms with E-state index in [1.807, 2.05) is 0 Å². The number of carbonyl (C=O) groups excluding carboxylic acids is 2. The Morgan fingerprint density at radius 3 is 2.62 bits per heavy atom. The van der Waals surface area contributed by atoms with E-state index in [4.69, 9.17) is 25.8 Å². The van der Waals surface area contributed by atoms with Gasteiger partial charge < -0.3 is 14.2 Å². The molecule has 0 amide bonds. The topological polar surface area (TPSA) is 61.8 Å². The summed E-state index contributed by atoms with van der Waals surface area (Å²) in [5.41, 5.74) is 1.32. The van der Waals surface area contributed by atoms with Gasteiger partial charge in [-0.3, -0.25) is 9.59 Å². The highest BCUT2D eigenvalue weighted by Crippen LogP contribution is 2.30. The van der Waals surface area contributed by atoms with Crippen molar-refractivity contribution in [1.29, 1.82) is 0 Å². The van der Waals surface area contributed by atoms with Crippen molar-refractivity contribution in [2.75, 3.05) is 13.7 Å². The Morgan fingerprint density at radius 1 is 1.19 bits per heavy atom. The zero-order valence-electron chi connectivity index (χ0n) is 14.5. The van der Waals surface area contributed by atoms with Crippen molar-refractivity contribution >= 4 is 23.4 Å². The van der Waals surface area contributed by atoms with Crippen molar-refractivity contribution < 1.29 is 23.8 Å². The fourth-order valence-corrected chi connectivity index (χ4v) is 3.02. The van der Waals surface area contributed by atoms with E-state index in [-0.39, 0.29) is 12.4 Å². The van der Waals surface area contributed by atoms with Crippen LogP contribution in [0.25, 0.3) is 0 Å². The van der Waals surface area contributed by atoms with Crippen molar-refractivity contribution in [1.82, 2.24) is 0 Å². The number of ether oxygens (including phenoxy) is 3. The Hall–Kier alpha value is -2.53. The van der Waals surface area contributed by atoms with Gasteiger partial charge in [0, 0.05) is 10.6 Å². The van der Waals surface area contributed by atoms with Crippen LogP contribution < -0.4 is 9.47 Å². The Kier molecular flexibility index (Phi) is 5.47. The van der Waals surface area contributed by atoms with Crippen LogP contribution in [0.2, 0.25) is 5.02 Å². The van der Waals surface area contributed by atoms with Crippen molar-refractivity contribution in [2.45, 2.75) is 19.4 Å². The first kappa shape index (κ1) is 18.3. The molecule has 3 rings (SSSR count). The van der Waals surface area contributed by atoms with Crippen LogP contribution in [0, 0.1) is 5.92 Å². The van der Waals surface area contributed by atoms with Crippen molar-refractivity contribution in [3.05, 3.63) is 58.6 Å². The number of methoxy groups -OCH3 is 1. The van der Waals surface area contributed by atoms with E-state index in [0.717, 1.165) is 11.3 Å². The first-order valence-electron chi connectivity index (χ1n) is 8.28. The molecular weight excluding hydrogens is 356 g/mol. The number of hydrogen-bond donors (Lipinski definition) is 0. The lowest BCUT2D eigenvalue weighted by Crippen LogP contribution is -2.34. The van der Waals surface area contributed by atoms with Crippen LogP contribution in [-0.2, 0) is 16.0 Å². The van der Waals surface area contributed by atoms with Gasteiger partial charge in [-0.25, -0.2) is 0 Å². The third kappa shape index (κ3) is 3.99. The first-order chi connectivity index (χ1) is 12.5. The monoisotopic (exact) mass is 374 g/mol. The fourth-order valence-electron chi connectivity index (χ4n) is 2.83. The van der Waals surface area contributed by atoms with E-state index in [1.54, 1.807) is 56.5 Å². The van der Waals surface area contributed by atoms with Crippen LogP contribution in [0.15, 0.2) is 42.5 Å². The highest BCUT2D eigenvalue weighted by Gasteiger charge is 2.30. The molecule has 0 aromatic heterocycles. The smallest absolute Gasteiger partial charge is 0.313 e. The Morgan fingerprint density at radius 2 is 1.92 bits per heavy atom. The standard InChI is InChI=1S/C20H19ClO5/c1-12(19(22)13-3-6-17(24-2)7-4-13)26-20(23)15-9-14-10-16(21)5-8-18(14)25-11-15/h3-8,10,12,15H,9,11H2,1-2H3. The number of carbonyl (C=O) groups is 2. The van der Waals surface area contributed by atoms with Crippen molar-refractivity contribution in [3.8, 4) is 11.5 Å². The molecule has 6 heteroatoms. The largest absolute Gasteiger partial charge is 0.497 e. The minimum absolute atomic E-state index is 0.219. The Balaban J connectivity index is 1.62. The second kappa shape index (κ2) is 7.79. The summed E-state index contributed by atoms with van der Waals surface area (Å²) in [5, 5.41) is 0.587. The first-order valence-corrected chi connectivity index (χ1v) is 8.65. The number of halogens is 1. The number of esters is 1. The molecule has 0 N–H and O–H groups in total. The molecule has 0 saturated carbocycles. The minimum atomic E-state index is -0.878. The average molecular weight is 375 g/mol. The molecule has 2 aromatic carbocycles. The van der Waals surface area contributed by atoms with Crippen LogP contribution in [0.1, 0.15) is 22.8 Å². The van der Waals surface area contributed by atoms with Gasteiger partial charge in [0.25, 0.3) is 0 Å². The number of benzene rings is 2. The molecule has 0 bridgehead atoms. The van der Waals surface area contributed by atoms with Crippen molar-refractivity contribution in [3.63, 3.8) is 0 Å². The maximum atomic E-state index is 12.4. The molecule has 0 spiro atoms. The molecule has 0 radical (unpaired) electrons. The predicted molar refractivity (Wildman–Crippen MR) is 97.0 cm³/mol.